The van der Waals surface area contributed by atoms with Crippen molar-refractivity contribution in [1.82, 2.24) is 16.0 Å². The molecule has 0 heterocycles. The van der Waals surface area contributed by atoms with Crippen LogP contribution in [0.5, 0.6) is 5.75 Å². The number of phenols is 1. The van der Waals surface area contributed by atoms with Crippen LogP contribution in [-0.4, -0.2) is 70.5 Å². The number of hydrogen-bond acceptors (Lipinski definition) is 8. The Morgan fingerprint density at radius 3 is 1.92 bits per heavy atom. The molecule has 37 heavy (non-hydrogen) atoms. The van der Waals surface area contributed by atoms with Gasteiger partial charge in [-0.1, -0.05) is 26.0 Å². The zero-order chi connectivity index (χ0) is 28.1. The maximum Gasteiger partial charge on any atom is 0.326 e. The van der Waals surface area contributed by atoms with E-state index < -0.39 is 60.2 Å². The molecule has 0 aliphatic rings. The number of phenolic OH excluding ortho intramolecular Hbond substituents is 1. The summed E-state index contributed by atoms with van der Waals surface area (Å²) in [6.07, 6.45) is 0.509. The van der Waals surface area contributed by atoms with Gasteiger partial charge in [-0.15, -0.1) is 0 Å². The second-order valence-corrected chi connectivity index (χ2v) is 9.12. The Morgan fingerprint density at radius 1 is 0.865 bits per heavy atom. The summed E-state index contributed by atoms with van der Waals surface area (Å²) >= 11 is 0. The van der Waals surface area contributed by atoms with Crippen molar-refractivity contribution in [3.05, 3.63) is 29.8 Å². The van der Waals surface area contributed by atoms with E-state index in [0.29, 0.717) is 24.9 Å². The minimum atomic E-state index is -1.38. The number of primary amides is 1. The number of carbonyl (C=O) groups excluding carboxylic acids is 4. The molecule has 1 rings (SSSR count). The molecule has 0 bridgehead atoms. The van der Waals surface area contributed by atoms with Crippen LogP contribution in [0.3, 0.4) is 0 Å². The van der Waals surface area contributed by atoms with Crippen molar-refractivity contribution >= 4 is 29.6 Å². The van der Waals surface area contributed by atoms with E-state index >= 15 is 0 Å². The van der Waals surface area contributed by atoms with Gasteiger partial charge in [0.15, 0.2) is 0 Å². The number of nitrogens with one attached hydrogen (secondary N) is 3. The summed E-state index contributed by atoms with van der Waals surface area (Å²) in [5, 5.41) is 26.3. The van der Waals surface area contributed by atoms with Crippen LogP contribution in [0, 0.1) is 5.92 Å². The Bertz CT molecular complexity index is 938. The van der Waals surface area contributed by atoms with Gasteiger partial charge in [-0.25, -0.2) is 4.79 Å². The lowest BCUT2D eigenvalue weighted by Crippen LogP contribution is -2.58. The maximum absolute atomic E-state index is 13.0. The number of aliphatic carboxylic acids is 1. The Labute approximate surface area is 215 Å². The molecule has 0 saturated carbocycles. The highest BCUT2D eigenvalue weighted by atomic mass is 16.4. The van der Waals surface area contributed by atoms with Gasteiger partial charge in [-0.05, 0) is 49.4 Å². The van der Waals surface area contributed by atoms with Crippen molar-refractivity contribution in [2.75, 3.05) is 6.54 Å². The standard InChI is InChI=1S/C24H38N6O7/c1-13(2)20(27)23(35)29-17(12-19(26)32)22(34)28-16(5-3-4-10-25)21(33)30-18(24(36)37)11-14-6-8-15(31)9-7-14/h6-9,13,16-18,20,31H,3-5,10-12,25,27H2,1-2H3,(H2,26,32)(H,28,34)(H,29,35)(H,30,33)(H,36,37). The summed E-state index contributed by atoms with van der Waals surface area (Å²) in [6.45, 7) is 3.76. The summed E-state index contributed by atoms with van der Waals surface area (Å²) in [7, 11) is 0. The molecule has 1 aromatic rings. The summed E-state index contributed by atoms with van der Waals surface area (Å²) in [5.74, 6) is -4.66. The Balaban J connectivity index is 3.04. The van der Waals surface area contributed by atoms with E-state index in [-0.39, 0.29) is 24.5 Å². The van der Waals surface area contributed by atoms with Crippen LogP contribution in [0.15, 0.2) is 24.3 Å². The van der Waals surface area contributed by atoms with E-state index in [0.717, 1.165) is 0 Å². The second kappa shape index (κ2) is 15.4. The van der Waals surface area contributed by atoms with E-state index in [2.05, 4.69) is 16.0 Å². The molecule has 1 aromatic carbocycles. The minimum Gasteiger partial charge on any atom is -0.508 e. The molecule has 206 valence electrons. The molecule has 13 heteroatoms. The van der Waals surface area contributed by atoms with Crippen molar-refractivity contribution in [2.45, 2.75) is 70.1 Å². The average molecular weight is 523 g/mol. The number of carbonyl (C=O) groups is 5. The molecule has 0 aromatic heterocycles. The predicted octanol–water partition coefficient (Wildman–Crippen LogP) is -1.54. The third-order valence-corrected chi connectivity index (χ3v) is 5.63. The van der Waals surface area contributed by atoms with Crippen LogP contribution in [-0.2, 0) is 30.4 Å². The fourth-order valence-electron chi connectivity index (χ4n) is 3.36. The minimum absolute atomic E-state index is 0.00861. The third kappa shape index (κ3) is 11.3. The third-order valence-electron chi connectivity index (χ3n) is 5.63. The van der Waals surface area contributed by atoms with Crippen molar-refractivity contribution in [3.63, 3.8) is 0 Å². The normalized spacial score (nSPS) is 14.2. The molecule has 0 spiro atoms. The summed E-state index contributed by atoms with van der Waals surface area (Å²) < 4.78 is 0. The number of carboxylic acids is 1. The van der Waals surface area contributed by atoms with E-state index in [9.17, 15) is 34.2 Å². The van der Waals surface area contributed by atoms with Crippen molar-refractivity contribution in [2.24, 2.45) is 23.1 Å². The van der Waals surface area contributed by atoms with Crippen molar-refractivity contribution < 1.29 is 34.2 Å². The first-order valence-corrected chi connectivity index (χ1v) is 12.0. The molecular weight excluding hydrogens is 484 g/mol. The number of aromatic hydroxyl groups is 1. The van der Waals surface area contributed by atoms with Crippen LogP contribution in [0.4, 0.5) is 0 Å². The number of hydrogen-bond donors (Lipinski definition) is 8. The quantitative estimate of drug-likeness (QED) is 0.117. The molecule has 0 saturated heterocycles. The molecule has 0 aliphatic carbocycles. The average Bonchev–Trinajstić information content (AvgIpc) is 2.82. The number of unbranched alkanes of at least 4 members (excludes halogenated alkanes) is 1. The highest BCUT2D eigenvalue weighted by Crippen LogP contribution is 2.12. The van der Waals surface area contributed by atoms with E-state index in [4.69, 9.17) is 17.2 Å². The van der Waals surface area contributed by atoms with Gasteiger partial charge in [0, 0.05) is 6.42 Å². The van der Waals surface area contributed by atoms with E-state index in [1.807, 2.05) is 0 Å². The molecule has 0 fully saturated rings. The Morgan fingerprint density at radius 2 is 1.41 bits per heavy atom. The molecule has 13 nitrogen and oxygen atoms in total. The fourth-order valence-corrected chi connectivity index (χ4v) is 3.36. The molecule has 4 unspecified atom stereocenters. The van der Waals surface area contributed by atoms with Gasteiger partial charge in [-0.3, -0.25) is 19.2 Å². The number of rotatable bonds is 16. The monoisotopic (exact) mass is 522 g/mol. The van der Waals surface area contributed by atoms with Gasteiger partial charge < -0.3 is 43.4 Å². The first-order chi connectivity index (χ1) is 17.3. The van der Waals surface area contributed by atoms with E-state index in [1.165, 1.54) is 24.3 Å². The van der Waals surface area contributed by atoms with Gasteiger partial charge >= 0.3 is 5.97 Å². The Hall–Kier alpha value is -3.71. The van der Waals surface area contributed by atoms with Gasteiger partial charge in [0.05, 0.1) is 12.5 Å². The zero-order valence-electron chi connectivity index (χ0n) is 21.1. The van der Waals surface area contributed by atoms with Gasteiger partial charge in [-0.2, -0.15) is 0 Å². The smallest absolute Gasteiger partial charge is 0.326 e. The first-order valence-electron chi connectivity index (χ1n) is 12.0. The Kier molecular flexibility index (Phi) is 13.0. The van der Waals surface area contributed by atoms with Crippen LogP contribution in [0.25, 0.3) is 0 Å². The lowest BCUT2D eigenvalue weighted by atomic mass is 10.0. The summed E-state index contributed by atoms with van der Waals surface area (Å²) in [5.41, 5.74) is 17.1. The van der Waals surface area contributed by atoms with Crippen LogP contribution < -0.4 is 33.2 Å². The predicted molar refractivity (Wildman–Crippen MR) is 135 cm³/mol. The summed E-state index contributed by atoms with van der Waals surface area (Å²) in [6, 6.07) is 1.01. The van der Waals surface area contributed by atoms with Gasteiger partial charge in [0.1, 0.15) is 23.9 Å². The SMILES string of the molecule is CC(C)C(N)C(=O)NC(CC(N)=O)C(=O)NC(CCCCN)C(=O)NC(Cc1ccc(O)cc1)C(=O)O. The van der Waals surface area contributed by atoms with Crippen LogP contribution >= 0.6 is 0 Å². The largest absolute Gasteiger partial charge is 0.508 e. The van der Waals surface area contributed by atoms with Crippen molar-refractivity contribution in [1.29, 1.82) is 0 Å². The highest BCUT2D eigenvalue weighted by Gasteiger charge is 2.31. The lowest BCUT2D eigenvalue weighted by Gasteiger charge is -2.25. The van der Waals surface area contributed by atoms with Gasteiger partial charge in [0.2, 0.25) is 23.6 Å². The number of amides is 4. The molecule has 11 N–H and O–H groups in total. The maximum atomic E-state index is 13.0. The second-order valence-electron chi connectivity index (χ2n) is 9.12. The number of nitrogens with two attached hydrogens (primary N) is 3. The number of carboxylic acid groups (broad SMARTS) is 1. The molecule has 4 amide bonds. The lowest BCUT2D eigenvalue weighted by molar-refractivity contribution is -0.142. The molecule has 0 radical (unpaired) electrons. The fraction of sp³-hybridized carbons (Fsp3) is 0.542. The zero-order valence-corrected chi connectivity index (χ0v) is 21.1. The van der Waals surface area contributed by atoms with Crippen molar-refractivity contribution in [3.8, 4) is 5.75 Å². The first kappa shape index (κ1) is 31.3. The topological polar surface area (TPSA) is 240 Å². The van der Waals surface area contributed by atoms with Gasteiger partial charge in [0.25, 0.3) is 0 Å². The highest BCUT2D eigenvalue weighted by molar-refractivity contribution is 5.96. The molecule has 0 aliphatic heterocycles. The molecule has 4 atom stereocenters. The summed E-state index contributed by atoms with van der Waals surface area (Å²) in [4.78, 5) is 61.7. The number of benzene rings is 1. The van der Waals surface area contributed by atoms with E-state index in [1.54, 1.807) is 13.8 Å². The molecular formula is C24H38N6O7. The van der Waals surface area contributed by atoms with Crippen LogP contribution in [0.1, 0.15) is 45.1 Å². The van der Waals surface area contributed by atoms with Crippen LogP contribution in [0.2, 0.25) is 0 Å².